The van der Waals surface area contributed by atoms with Crippen molar-refractivity contribution in [2.24, 2.45) is 11.8 Å². The molecule has 1 aromatic rings. The van der Waals surface area contributed by atoms with Crippen LogP contribution in [0.5, 0.6) is 5.75 Å². The van der Waals surface area contributed by atoms with Crippen molar-refractivity contribution >= 4 is 11.9 Å². The number of rotatable bonds is 6. The fourth-order valence-electron chi connectivity index (χ4n) is 3.04. The van der Waals surface area contributed by atoms with Crippen LogP contribution in [0.2, 0.25) is 0 Å². The van der Waals surface area contributed by atoms with Gasteiger partial charge in [-0.1, -0.05) is 38.8 Å². The Morgan fingerprint density at radius 2 is 2.00 bits per heavy atom. The molecular weight excluding hydrogens is 320 g/mol. The average Bonchev–Trinajstić information content (AvgIpc) is 2.62. The molecule has 1 aliphatic carbocycles. The maximum absolute atomic E-state index is 12.0. The third kappa shape index (κ3) is 5.49. The van der Waals surface area contributed by atoms with Crippen molar-refractivity contribution < 1.29 is 19.1 Å². The van der Waals surface area contributed by atoms with Gasteiger partial charge >= 0.3 is 5.97 Å². The van der Waals surface area contributed by atoms with E-state index < -0.39 is 5.97 Å². The smallest absolute Gasteiger partial charge is 0.344 e. The van der Waals surface area contributed by atoms with Gasteiger partial charge in [0, 0.05) is 6.04 Å². The van der Waals surface area contributed by atoms with Crippen LogP contribution in [-0.4, -0.2) is 31.1 Å². The van der Waals surface area contributed by atoms with Crippen LogP contribution in [0.3, 0.4) is 0 Å². The van der Waals surface area contributed by atoms with Gasteiger partial charge in [0.25, 0.3) is 5.91 Å². The highest BCUT2D eigenvalue weighted by molar-refractivity contribution is 5.81. The molecule has 1 aliphatic rings. The summed E-state index contributed by atoms with van der Waals surface area (Å²) in [5, 5.41) is 11.9. The highest BCUT2D eigenvalue weighted by atomic mass is 16.6. The molecule has 25 heavy (non-hydrogen) atoms. The Hall–Kier alpha value is -2.55. The van der Waals surface area contributed by atoms with Crippen LogP contribution >= 0.6 is 0 Å². The summed E-state index contributed by atoms with van der Waals surface area (Å²) in [5.74, 6) is 0.371. The summed E-state index contributed by atoms with van der Waals surface area (Å²) < 4.78 is 10.2. The van der Waals surface area contributed by atoms with Crippen molar-refractivity contribution in [1.82, 2.24) is 5.32 Å². The van der Waals surface area contributed by atoms with Crippen molar-refractivity contribution in [2.75, 3.05) is 13.2 Å². The largest absolute Gasteiger partial charge is 0.481 e. The molecule has 6 heteroatoms. The van der Waals surface area contributed by atoms with E-state index in [9.17, 15) is 9.59 Å². The van der Waals surface area contributed by atoms with Crippen molar-refractivity contribution in [3.8, 4) is 11.8 Å². The van der Waals surface area contributed by atoms with Gasteiger partial charge in [0.1, 0.15) is 11.8 Å². The lowest BCUT2D eigenvalue weighted by Crippen LogP contribution is -2.45. The SMILES string of the molecule is C[C@@H]1[C@H](C)CCC[C@@H]1NC(=O)COC(=O)COc1ccccc1C#N. The Labute approximate surface area is 148 Å². The van der Waals surface area contributed by atoms with Gasteiger partial charge in [0.05, 0.1) is 5.56 Å². The molecule has 0 aliphatic heterocycles. The Kier molecular flexibility index (Phi) is 6.81. The molecule has 134 valence electrons. The molecule has 1 amide bonds. The van der Waals surface area contributed by atoms with Crippen LogP contribution in [0.15, 0.2) is 24.3 Å². The summed E-state index contributed by atoms with van der Waals surface area (Å²) in [5.41, 5.74) is 0.341. The van der Waals surface area contributed by atoms with Crippen molar-refractivity contribution in [2.45, 2.75) is 39.2 Å². The molecular formula is C19H24N2O4. The number of carbonyl (C=O) groups excluding carboxylic acids is 2. The maximum Gasteiger partial charge on any atom is 0.344 e. The molecule has 1 aromatic carbocycles. The van der Waals surface area contributed by atoms with Gasteiger partial charge < -0.3 is 14.8 Å². The monoisotopic (exact) mass is 344 g/mol. The zero-order chi connectivity index (χ0) is 18.2. The van der Waals surface area contributed by atoms with Gasteiger partial charge in [-0.25, -0.2) is 4.79 Å². The second-order valence-corrected chi connectivity index (χ2v) is 6.50. The summed E-state index contributed by atoms with van der Waals surface area (Å²) >= 11 is 0. The van der Waals surface area contributed by atoms with Crippen molar-refractivity contribution in [3.63, 3.8) is 0 Å². The van der Waals surface area contributed by atoms with Crippen molar-refractivity contribution in [3.05, 3.63) is 29.8 Å². The fourth-order valence-corrected chi connectivity index (χ4v) is 3.04. The van der Waals surface area contributed by atoms with Crippen LogP contribution in [0.25, 0.3) is 0 Å². The second kappa shape index (κ2) is 9.07. The van der Waals surface area contributed by atoms with E-state index in [0.29, 0.717) is 23.1 Å². The van der Waals surface area contributed by atoms with E-state index in [-0.39, 0.29) is 25.2 Å². The van der Waals surface area contributed by atoms with Gasteiger partial charge in [-0.2, -0.15) is 5.26 Å². The number of esters is 1. The standard InChI is InChI=1S/C19H24N2O4/c1-13-6-5-8-16(14(13)2)21-18(22)11-25-19(23)12-24-17-9-4-3-7-15(17)10-20/h3-4,7,9,13-14,16H,5-6,8,11-12H2,1-2H3,(H,21,22)/t13-,14-,16+/m1/s1. The Balaban J connectivity index is 1.72. The fraction of sp³-hybridized carbons (Fsp3) is 0.526. The Morgan fingerprint density at radius 3 is 2.76 bits per heavy atom. The molecule has 3 atom stereocenters. The minimum atomic E-state index is -0.645. The van der Waals surface area contributed by atoms with Gasteiger partial charge in [0.2, 0.25) is 0 Å². The van der Waals surface area contributed by atoms with Crippen LogP contribution in [-0.2, 0) is 14.3 Å². The molecule has 0 unspecified atom stereocenters. The molecule has 0 radical (unpaired) electrons. The summed E-state index contributed by atoms with van der Waals surface area (Å²) in [6.45, 7) is 3.67. The highest BCUT2D eigenvalue weighted by Crippen LogP contribution is 2.29. The molecule has 0 aromatic heterocycles. The molecule has 0 heterocycles. The third-order valence-corrected chi connectivity index (χ3v) is 4.77. The summed E-state index contributed by atoms with van der Waals surface area (Å²) in [4.78, 5) is 23.7. The minimum absolute atomic E-state index is 0.133. The van der Waals surface area contributed by atoms with E-state index in [4.69, 9.17) is 14.7 Å². The molecule has 1 N–H and O–H groups in total. The Morgan fingerprint density at radius 1 is 1.24 bits per heavy atom. The number of nitrogens with one attached hydrogen (secondary N) is 1. The Bertz CT molecular complexity index is 653. The topological polar surface area (TPSA) is 88.4 Å². The van der Waals surface area contributed by atoms with E-state index in [1.807, 2.05) is 6.07 Å². The quantitative estimate of drug-likeness (QED) is 0.801. The van der Waals surface area contributed by atoms with Crippen LogP contribution in [0.4, 0.5) is 0 Å². The van der Waals surface area contributed by atoms with E-state index in [2.05, 4.69) is 19.2 Å². The number of benzene rings is 1. The molecule has 0 saturated heterocycles. The first-order valence-corrected chi connectivity index (χ1v) is 8.58. The summed E-state index contributed by atoms with van der Waals surface area (Å²) in [6.07, 6.45) is 3.24. The molecule has 0 bridgehead atoms. The lowest BCUT2D eigenvalue weighted by molar-refractivity contribution is -0.150. The number of ether oxygens (including phenoxy) is 2. The van der Waals surface area contributed by atoms with Gasteiger partial charge in [0.15, 0.2) is 13.2 Å². The predicted molar refractivity (Wildman–Crippen MR) is 91.7 cm³/mol. The van der Waals surface area contributed by atoms with E-state index in [1.54, 1.807) is 24.3 Å². The van der Waals surface area contributed by atoms with Crippen molar-refractivity contribution in [1.29, 1.82) is 5.26 Å². The molecule has 2 rings (SSSR count). The number of hydrogen-bond donors (Lipinski definition) is 1. The molecule has 6 nitrogen and oxygen atoms in total. The average molecular weight is 344 g/mol. The molecule has 0 spiro atoms. The van der Waals surface area contributed by atoms with E-state index in [1.165, 1.54) is 6.42 Å². The number of amides is 1. The first-order chi connectivity index (χ1) is 12.0. The first-order valence-electron chi connectivity index (χ1n) is 8.58. The maximum atomic E-state index is 12.0. The number of carbonyl (C=O) groups is 2. The van der Waals surface area contributed by atoms with Gasteiger partial charge in [-0.05, 0) is 30.4 Å². The van der Waals surface area contributed by atoms with Gasteiger partial charge in [-0.15, -0.1) is 0 Å². The van der Waals surface area contributed by atoms with Crippen LogP contribution in [0.1, 0.15) is 38.7 Å². The summed E-state index contributed by atoms with van der Waals surface area (Å²) in [6, 6.07) is 8.73. The normalized spacial score (nSPS) is 22.5. The number of hydrogen-bond acceptors (Lipinski definition) is 5. The number of nitrogens with zero attached hydrogens (tertiary/aromatic N) is 1. The molecule has 1 fully saturated rings. The van der Waals surface area contributed by atoms with Crippen LogP contribution < -0.4 is 10.1 Å². The lowest BCUT2D eigenvalue weighted by atomic mass is 9.78. The van der Waals surface area contributed by atoms with Gasteiger partial charge in [-0.3, -0.25) is 4.79 Å². The minimum Gasteiger partial charge on any atom is -0.481 e. The van der Waals surface area contributed by atoms with Crippen LogP contribution in [0, 0.1) is 23.2 Å². The lowest BCUT2D eigenvalue weighted by Gasteiger charge is -2.34. The summed E-state index contributed by atoms with van der Waals surface area (Å²) in [7, 11) is 0. The predicted octanol–water partition coefficient (Wildman–Crippen LogP) is 2.42. The second-order valence-electron chi connectivity index (χ2n) is 6.50. The molecule has 1 saturated carbocycles. The third-order valence-electron chi connectivity index (χ3n) is 4.77. The van der Waals surface area contributed by atoms with E-state index in [0.717, 1.165) is 12.8 Å². The van der Waals surface area contributed by atoms with E-state index >= 15 is 0 Å². The first kappa shape index (κ1) is 18.8. The zero-order valence-corrected chi connectivity index (χ0v) is 14.7. The highest BCUT2D eigenvalue weighted by Gasteiger charge is 2.28. The number of para-hydroxylation sites is 1. The zero-order valence-electron chi connectivity index (χ0n) is 14.7. The number of nitriles is 1.